The molecule has 0 aliphatic heterocycles. The van der Waals surface area contributed by atoms with Gasteiger partial charge in [-0.1, -0.05) is 0 Å². The number of hydrogen-bond acceptors (Lipinski definition) is 2. The summed E-state index contributed by atoms with van der Waals surface area (Å²) in [6.07, 6.45) is -0.0741. The van der Waals surface area contributed by atoms with Crippen LogP contribution in [0.5, 0.6) is 0 Å². The molecule has 0 aromatic carbocycles. The first kappa shape index (κ1) is 7.90. The van der Waals surface area contributed by atoms with Gasteiger partial charge in [0.1, 0.15) is 0 Å². The van der Waals surface area contributed by atoms with E-state index in [2.05, 4.69) is 5.73 Å². The molecule has 0 bridgehead atoms. The van der Waals surface area contributed by atoms with E-state index in [4.69, 9.17) is 11.5 Å². The molecular weight excluding hydrogens is 122 g/mol. The summed E-state index contributed by atoms with van der Waals surface area (Å²) in [6.45, 7) is 0. The lowest BCUT2D eigenvalue weighted by atomic mass is 10.2. The molecule has 0 spiro atoms. The monoisotopic (exact) mass is 132 g/mol. The van der Waals surface area contributed by atoms with Gasteiger partial charge in [0, 0.05) is 0 Å². The van der Waals surface area contributed by atoms with Crippen LogP contribution < -0.4 is 17.2 Å². The van der Waals surface area contributed by atoms with E-state index in [1.54, 1.807) is 0 Å². The Bertz CT molecular complexity index is 134. The Kier molecular flexibility index (Phi) is 2.66. The van der Waals surface area contributed by atoms with E-state index in [0.717, 1.165) is 0 Å². The van der Waals surface area contributed by atoms with Crippen LogP contribution in [0.15, 0.2) is 0 Å². The number of quaternary nitrogens is 1. The maximum atomic E-state index is 10.2. The minimum atomic E-state index is -0.692. The van der Waals surface area contributed by atoms with Crippen LogP contribution in [0.4, 0.5) is 0 Å². The van der Waals surface area contributed by atoms with E-state index in [1.165, 1.54) is 0 Å². The number of amides is 2. The molecule has 0 aliphatic carbocycles. The van der Waals surface area contributed by atoms with Gasteiger partial charge in [0.2, 0.25) is 5.91 Å². The molecule has 0 saturated heterocycles. The van der Waals surface area contributed by atoms with Crippen LogP contribution in [0.3, 0.4) is 0 Å². The van der Waals surface area contributed by atoms with Gasteiger partial charge in [-0.3, -0.25) is 9.59 Å². The predicted molar refractivity (Wildman–Crippen MR) is 29.7 cm³/mol. The van der Waals surface area contributed by atoms with E-state index < -0.39 is 17.9 Å². The van der Waals surface area contributed by atoms with Crippen molar-refractivity contribution in [1.82, 2.24) is 0 Å². The first-order chi connectivity index (χ1) is 4.04. The first-order valence-corrected chi connectivity index (χ1v) is 2.44. The van der Waals surface area contributed by atoms with E-state index in [9.17, 15) is 9.59 Å². The normalized spacial score (nSPS) is 12.6. The number of hydrogen-bond donors (Lipinski definition) is 3. The molecule has 0 heterocycles. The van der Waals surface area contributed by atoms with Crippen LogP contribution in [0.2, 0.25) is 0 Å². The van der Waals surface area contributed by atoms with Gasteiger partial charge in [0.25, 0.3) is 5.91 Å². The summed E-state index contributed by atoms with van der Waals surface area (Å²) >= 11 is 0. The Hall–Kier alpha value is -1.10. The quantitative estimate of drug-likeness (QED) is 0.379. The van der Waals surface area contributed by atoms with Crippen molar-refractivity contribution in [3.8, 4) is 0 Å². The molecule has 0 aliphatic rings. The van der Waals surface area contributed by atoms with Gasteiger partial charge in [-0.2, -0.15) is 0 Å². The van der Waals surface area contributed by atoms with Crippen LogP contribution in [-0.2, 0) is 9.59 Å². The molecule has 1 atom stereocenters. The molecule has 7 N–H and O–H groups in total. The molecular formula is C4H10N3O2+. The highest BCUT2D eigenvalue weighted by Gasteiger charge is 2.15. The van der Waals surface area contributed by atoms with Crippen molar-refractivity contribution in [3.63, 3.8) is 0 Å². The predicted octanol–water partition coefficient (Wildman–Crippen LogP) is -3.04. The molecule has 0 fully saturated rings. The highest BCUT2D eigenvalue weighted by atomic mass is 16.2. The zero-order valence-electron chi connectivity index (χ0n) is 4.96. The molecule has 0 unspecified atom stereocenters. The summed E-state index contributed by atoms with van der Waals surface area (Å²) in [4.78, 5) is 20.3. The van der Waals surface area contributed by atoms with Gasteiger partial charge in [-0.05, 0) is 0 Å². The fraction of sp³-hybridized carbons (Fsp3) is 0.500. The second kappa shape index (κ2) is 3.03. The van der Waals surface area contributed by atoms with E-state index in [-0.39, 0.29) is 6.42 Å². The fourth-order valence-corrected chi connectivity index (χ4v) is 0.343. The van der Waals surface area contributed by atoms with Gasteiger partial charge in [0.15, 0.2) is 6.04 Å². The Morgan fingerprint density at radius 1 is 1.44 bits per heavy atom. The number of nitrogens with two attached hydrogens (primary N) is 2. The minimum absolute atomic E-state index is 0.0741. The molecule has 0 saturated carbocycles. The molecule has 5 nitrogen and oxygen atoms in total. The standard InChI is InChI=1S/C4H9N3O2/c5-2(4(7)9)1-3(6)8/h2H,1,5H2,(H2,6,8)(H2,7,9)/p+1/t2-/m0/s1. The van der Waals surface area contributed by atoms with Crippen molar-refractivity contribution >= 4 is 11.8 Å². The van der Waals surface area contributed by atoms with Crippen LogP contribution in [0.1, 0.15) is 6.42 Å². The van der Waals surface area contributed by atoms with E-state index in [0.29, 0.717) is 0 Å². The Labute approximate surface area is 52.2 Å². The number of primary amides is 2. The van der Waals surface area contributed by atoms with Gasteiger partial charge in [0.05, 0.1) is 6.42 Å². The topological polar surface area (TPSA) is 114 Å². The molecule has 0 radical (unpaired) electrons. The summed E-state index contributed by atoms with van der Waals surface area (Å²) in [6, 6.07) is -0.692. The summed E-state index contributed by atoms with van der Waals surface area (Å²) in [5.74, 6) is -1.16. The summed E-state index contributed by atoms with van der Waals surface area (Å²) in [7, 11) is 0. The van der Waals surface area contributed by atoms with Gasteiger partial charge in [-0.15, -0.1) is 0 Å². The van der Waals surface area contributed by atoms with Crippen molar-refractivity contribution in [3.05, 3.63) is 0 Å². The van der Waals surface area contributed by atoms with Crippen LogP contribution >= 0.6 is 0 Å². The SMILES string of the molecule is NC(=O)C[C@H]([NH3+])C(N)=O. The largest absolute Gasteiger partial charge is 0.369 e. The number of rotatable bonds is 3. The zero-order chi connectivity index (χ0) is 7.44. The second-order valence-corrected chi connectivity index (χ2v) is 1.77. The maximum absolute atomic E-state index is 10.2. The summed E-state index contributed by atoms with van der Waals surface area (Å²) < 4.78 is 0. The number of carbonyl (C=O) groups excluding carboxylic acids is 2. The zero-order valence-corrected chi connectivity index (χ0v) is 4.96. The third kappa shape index (κ3) is 3.48. The van der Waals surface area contributed by atoms with Crippen molar-refractivity contribution in [2.45, 2.75) is 12.5 Å². The Balaban J connectivity index is 3.63. The molecule has 52 valence electrons. The van der Waals surface area contributed by atoms with E-state index in [1.807, 2.05) is 0 Å². The smallest absolute Gasteiger partial charge is 0.276 e. The summed E-state index contributed by atoms with van der Waals surface area (Å²) in [5, 5.41) is 0. The molecule has 0 aromatic heterocycles. The third-order valence-electron chi connectivity index (χ3n) is 0.850. The second-order valence-electron chi connectivity index (χ2n) is 1.77. The lowest BCUT2D eigenvalue weighted by molar-refractivity contribution is -0.401. The third-order valence-corrected chi connectivity index (χ3v) is 0.850. The minimum Gasteiger partial charge on any atom is -0.369 e. The van der Waals surface area contributed by atoms with Crippen LogP contribution in [-0.4, -0.2) is 17.9 Å². The van der Waals surface area contributed by atoms with Gasteiger partial charge in [-0.25, -0.2) is 0 Å². The summed E-state index contributed by atoms with van der Waals surface area (Å²) in [5.41, 5.74) is 12.8. The van der Waals surface area contributed by atoms with E-state index >= 15 is 0 Å². The van der Waals surface area contributed by atoms with Crippen molar-refractivity contribution in [1.29, 1.82) is 0 Å². The van der Waals surface area contributed by atoms with Crippen molar-refractivity contribution in [2.24, 2.45) is 11.5 Å². The maximum Gasteiger partial charge on any atom is 0.276 e. The lowest BCUT2D eigenvalue weighted by Crippen LogP contribution is -2.67. The van der Waals surface area contributed by atoms with Crippen molar-refractivity contribution in [2.75, 3.05) is 0 Å². The number of carbonyl (C=O) groups is 2. The highest BCUT2D eigenvalue weighted by Crippen LogP contribution is 1.79. The van der Waals surface area contributed by atoms with Gasteiger partial charge < -0.3 is 17.2 Å². The molecule has 2 amide bonds. The average Bonchev–Trinajstić information content (AvgIpc) is 1.63. The van der Waals surface area contributed by atoms with Crippen LogP contribution in [0, 0.1) is 0 Å². The van der Waals surface area contributed by atoms with Gasteiger partial charge >= 0.3 is 0 Å². The highest BCUT2D eigenvalue weighted by molar-refractivity contribution is 5.85. The molecule has 0 aromatic rings. The molecule has 9 heavy (non-hydrogen) atoms. The fourth-order valence-electron chi connectivity index (χ4n) is 0.343. The molecule has 0 rings (SSSR count). The molecule has 5 heteroatoms. The van der Waals surface area contributed by atoms with Crippen molar-refractivity contribution < 1.29 is 15.3 Å². The lowest BCUT2D eigenvalue weighted by Gasteiger charge is -1.97. The van der Waals surface area contributed by atoms with Crippen LogP contribution in [0.25, 0.3) is 0 Å². The Morgan fingerprint density at radius 3 is 2.00 bits per heavy atom. The first-order valence-electron chi connectivity index (χ1n) is 2.44. The average molecular weight is 132 g/mol. The Morgan fingerprint density at radius 2 is 1.89 bits per heavy atom.